The van der Waals surface area contributed by atoms with E-state index in [4.69, 9.17) is 0 Å². The quantitative estimate of drug-likeness (QED) is 0.514. The largest absolute Gasteiger partial charge is 0.371 e. The Balaban J connectivity index is 2.30. The Hall–Kier alpha value is -1.84. The lowest BCUT2D eigenvalue weighted by molar-refractivity contribution is -0.143. The molecule has 2 fully saturated rings. The van der Waals surface area contributed by atoms with Gasteiger partial charge >= 0.3 is 0 Å². The molecule has 2 rings (SSSR count). The first-order valence-electron chi connectivity index (χ1n) is 10.2. The van der Waals surface area contributed by atoms with E-state index in [1.54, 1.807) is 6.20 Å². The summed E-state index contributed by atoms with van der Waals surface area (Å²) >= 11 is 0. The third-order valence-electron chi connectivity index (χ3n) is 5.63. The van der Waals surface area contributed by atoms with Gasteiger partial charge in [-0.25, -0.2) is 0 Å². The van der Waals surface area contributed by atoms with Crippen molar-refractivity contribution in [3.05, 3.63) is 35.7 Å². The van der Waals surface area contributed by atoms with Gasteiger partial charge in [-0.3, -0.25) is 9.79 Å². The molecule has 0 N–H and O–H groups in total. The second-order valence-corrected chi connectivity index (χ2v) is 8.92. The lowest BCUT2D eigenvalue weighted by Crippen LogP contribution is -2.56. The maximum Gasteiger partial charge on any atom is 0.228 e. The molecule has 0 spiro atoms. The molecular weight excluding hydrogens is 334 g/mol. The van der Waals surface area contributed by atoms with Gasteiger partial charge in [0.25, 0.3) is 0 Å². The topological polar surface area (TPSA) is 35.9 Å². The van der Waals surface area contributed by atoms with Crippen molar-refractivity contribution in [1.82, 2.24) is 9.80 Å². The number of aliphatic imine (C=N–C) groups is 1. The molecule has 1 heterocycles. The molecule has 0 aromatic rings. The molecule has 150 valence electrons. The maximum absolute atomic E-state index is 12.7. The zero-order chi connectivity index (χ0) is 20.4. The second kappa shape index (κ2) is 8.45. The predicted molar refractivity (Wildman–Crippen MR) is 115 cm³/mol. The van der Waals surface area contributed by atoms with E-state index in [1.807, 2.05) is 25.7 Å². The number of piperazine rings is 1. The van der Waals surface area contributed by atoms with Crippen LogP contribution < -0.4 is 0 Å². The molecule has 4 heteroatoms. The molecule has 1 aliphatic carbocycles. The van der Waals surface area contributed by atoms with Crippen LogP contribution in [0.3, 0.4) is 0 Å². The zero-order valence-electron chi connectivity index (χ0n) is 18.3. The van der Waals surface area contributed by atoms with Crippen molar-refractivity contribution in [1.29, 1.82) is 0 Å². The van der Waals surface area contributed by atoms with Gasteiger partial charge in [0.05, 0.1) is 0 Å². The highest BCUT2D eigenvalue weighted by atomic mass is 16.2. The minimum absolute atomic E-state index is 0.202. The lowest BCUT2D eigenvalue weighted by atomic mass is 9.92. The standard InChI is InChI=1S/C23H37N3O/c1-9-20(19-11-12-19)21(17(4)24-10-2)18(5)25-13-14-26(16(3)15-25)22(27)23(6,7)8/h9-10,16,19H,2,11-15H2,1,3-8H3/b20-9-,21-18-,24-17?. The summed E-state index contributed by atoms with van der Waals surface area (Å²) in [6.45, 7) is 20.9. The van der Waals surface area contributed by atoms with Gasteiger partial charge < -0.3 is 9.80 Å². The van der Waals surface area contributed by atoms with Gasteiger partial charge in [0.2, 0.25) is 5.91 Å². The van der Waals surface area contributed by atoms with Crippen LogP contribution in [0.5, 0.6) is 0 Å². The number of rotatable bonds is 5. The Kier molecular flexibility index (Phi) is 6.72. The molecule has 1 amide bonds. The number of hydrogen-bond acceptors (Lipinski definition) is 3. The number of hydrogen-bond donors (Lipinski definition) is 0. The smallest absolute Gasteiger partial charge is 0.228 e. The molecule has 1 unspecified atom stereocenters. The van der Waals surface area contributed by atoms with Crippen molar-refractivity contribution < 1.29 is 4.79 Å². The third kappa shape index (κ3) is 4.91. The van der Waals surface area contributed by atoms with E-state index in [0.717, 1.165) is 25.3 Å². The highest BCUT2D eigenvalue weighted by Gasteiger charge is 2.35. The third-order valence-corrected chi connectivity index (χ3v) is 5.63. The fourth-order valence-corrected chi connectivity index (χ4v) is 4.01. The van der Waals surface area contributed by atoms with E-state index >= 15 is 0 Å². The number of carbonyl (C=O) groups excluding carboxylic acids is 1. The van der Waals surface area contributed by atoms with Crippen LogP contribution in [0.1, 0.15) is 61.3 Å². The fraction of sp³-hybridized carbons (Fsp3) is 0.652. The monoisotopic (exact) mass is 371 g/mol. The van der Waals surface area contributed by atoms with E-state index in [1.165, 1.54) is 29.7 Å². The van der Waals surface area contributed by atoms with Gasteiger partial charge in [-0.15, -0.1) is 0 Å². The molecule has 1 atom stereocenters. The van der Waals surface area contributed by atoms with E-state index in [2.05, 4.69) is 50.2 Å². The normalized spacial score (nSPS) is 23.3. The Morgan fingerprint density at radius 1 is 1.19 bits per heavy atom. The molecule has 0 radical (unpaired) electrons. The van der Waals surface area contributed by atoms with Gasteiger partial charge in [0, 0.05) is 54.3 Å². The molecule has 4 nitrogen and oxygen atoms in total. The van der Waals surface area contributed by atoms with Crippen LogP contribution in [-0.2, 0) is 4.79 Å². The summed E-state index contributed by atoms with van der Waals surface area (Å²) in [5, 5.41) is 0. The molecule has 27 heavy (non-hydrogen) atoms. The molecule has 0 bridgehead atoms. The van der Waals surface area contributed by atoms with Gasteiger partial charge in [0.1, 0.15) is 0 Å². The van der Waals surface area contributed by atoms with Crippen LogP contribution in [-0.4, -0.2) is 47.1 Å². The van der Waals surface area contributed by atoms with E-state index in [-0.39, 0.29) is 17.4 Å². The van der Waals surface area contributed by atoms with Crippen molar-refractivity contribution >= 4 is 11.6 Å². The Bertz CT molecular complexity index is 674. The molecule has 0 aromatic carbocycles. The van der Waals surface area contributed by atoms with E-state index < -0.39 is 0 Å². The van der Waals surface area contributed by atoms with E-state index in [0.29, 0.717) is 5.92 Å². The van der Waals surface area contributed by atoms with Crippen LogP contribution in [0.4, 0.5) is 0 Å². The van der Waals surface area contributed by atoms with Gasteiger partial charge in [-0.1, -0.05) is 33.4 Å². The van der Waals surface area contributed by atoms with Crippen LogP contribution in [0.25, 0.3) is 0 Å². The summed E-state index contributed by atoms with van der Waals surface area (Å²) in [7, 11) is 0. The lowest BCUT2D eigenvalue weighted by Gasteiger charge is -2.44. The molecule has 1 aliphatic heterocycles. The van der Waals surface area contributed by atoms with Gasteiger partial charge in [-0.2, -0.15) is 0 Å². The van der Waals surface area contributed by atoms with Crippen molar-refractivity contribution in [2.45, 2.75) is 67.3 Å². The zero-order valence-corrected chi connectivity index (χ0v) is 18.3. The van der Waals surface area contributed by atoms with Gasteiger partial charge in [-0.05, 0) is 52.0 Å². The van der Waals surface area contributed by atoms with Crippen molar-refractivity contribution in [3.63, 3.8) is 0 Å². The Labute approximate surface area is 165 Å². The molecule has 2 aliphatic rings. The van der Waals surface area contributed by atoms with Gasteiger partial charge in [0.15, 0.2) is 0 Å². The predicted octanol–water partition coefficient (Wildman–Crippen LogP) is 4.80. The summed E-state index contributed by atoms with van der Waals surface area (Å²) in [6, 6.07) is 0.202. The molecule has 0 aromatic heterocycles. The van der Waals surface area contributed by atoms with Crippen LogP contribution in [0, 0.1) is 11.3 Å². The first-order chi connectivity index (χ1) is 12.6. The summed E-state index contributed by atoms with van der Waals surface area (Å²) in [4.78, 5) is 21.7. The number of carbonyl (C=O) groups is 1. The van der Waals surface area contributed by atoms with Crippen LogP contribution in [0.2, 0.25) is 0 Å². The van der Waals surface area contributed by atoms with Crippen LogP contribution >= 0.6 is 0 Å². The Morgan fingerprint density at radius 2 is 1.81 bits per heavy atom. The van der Waals surface area contributed by atoms with E-state index in [9.17, 15) is 4.79 Å². The molecular formula is C23H37N3O. The minimum Gasteiger partial charge on any atom is -0.371 e. The minimum atomic E-state index is -0.330. The number of amides is 1. The first kappa shape index (κ1) is 21.5. The van der Waals surface area contributed by atoms with Crippen molar-refractivity contribution in [2.75, 3.05) is 19.6 Å². The summed E-state index contributed by atoms with van der Waals surface area (Å²) in [5.74, 6) is 0.907. The highest BCUT2D eigenvalue weighted by molar-refractivity contribution is 6.03. The average Bonchev–Trinajstić information content (AvgIpc) is 3.42. The Morgan fingerprint density at radius 3 is 2.26 bits per heavy atom. The fourth-order valence-electron chi connectivity index (χ4n) is 4.01. The summed E-state index contributed by atoms with van der Waals surface area (Å²) < 4.78 is 0. The summed E-state index contributed by atoms with van der Waals surface area (Å²) in [5.41, 5.74) is 4.65. The number of nitrogens with zero attached hydrogens (tertiary/aromatic N) is 3. The van der Waals surface area contributed by atoms with Crippen LogP contribution in [0.15, 0.2) is 40.7 Å². The number of allylic oxidation sites excluding steroid dienone is 4. The summed E-state index contributed by atoms with van der Waals surface area (Å²) in [6.07, 6.45) is 6.41. The second-order valence-electron chi connectivity index (χ2n) is 8.92. The maximum atomic E-state index is 12.7. The first-order valence-corrected chi connectivity index (χ1v) is 10.2. The van der Waals surface area contributed by atoms with Crippen molar-refractivity contribution in [2.24, 2.45) is 16.3 Å². The molecule has 1 saturated carbocycles. The molecule has 1 saturated heterocycles. The highest BCUT2D eigenvalue weighted by Crippen LogP contribution is 2.41. The van der Waals surface area contributed by atoms with Crippen molar-refractivity contribution in [3.8, 4) is 0 Å². The SMILES string of the molecule is C=CN=C(C)C(/C(=C\C)C1CC1)=C(\C)N1CCN(C(=O)C(C)(C)C)C(C)C1. The average molecular weight is 372 g/mol.